The van der Waals surface area contributed by atoms with E-state index in [1.54, 1.807) is 36.4 Å². The minimum Gasteiger partial charge on any atom is -0.457 e. The molecule has 0 fully saturated rings. The summed E-state index contributed by atoms with van der Waals surface area (Å²) in [4.78, 5) is 26.7. The van der Waals surface area contributed by atoms with Crippen LogP contribution in [0.15, 0.2) is 42.5 Å². The molecular weight excluding hydrogens is 578 g/mol. The highest BCUT2D eigenvalue weighted by atomic mass is 35.5. The maximum absolute atomic E-state index is 13.4. The van der Waals surface area contributed by atoms with Crippen molar-refractivity contribution < 1.29 is 43.1 Å². The van der Waals surface area contributed by atoms with Gasteiger partial charge in [-0.2, -0.15) is 0 Å². The smallest absolute Gasteiger partial charge is 0.453 e. The van der Waals surface area contributed by atoms with Crippen molar-refractivity contribution in [2.75, 3.05) is 33.0 Å². The molecular formula is C32H44ClNO9. The van der Waals surface area contributed by atoms with Crippen LogP contribution in [0, 0.1) is 0 Å². The van der Waals surface area contributed by atoms with Gasteiger partial charge < -0.3 is 38.8 Å². The first-order valence-electron chi connectivity index (χ1n) is 14.4. The maximum atomic E-state index is 13.4. The van der Waals surface area contributed by atoms with Crippen molar-refractivity contribution in [3.8, 4) is 11.5 Å². The molecule has 2 atom stereocenters. The summed E-state index contributed by atoms with van der Waals surface area (Å²) in [5.41, 5.74) is 0.518. The molecule has 0 radical (unpaired) electrons. The van der Waals surface area contributed by atoms with Crippen molar-refractivity contribution in [2.24, 2.45) is 0 Å². The summed E-state index contributed by atoms with van der Waals surface area (Å²) in [6.45, 7) is 13.5. The number of nitrogens with one attached hydrogen (secondary N) is 1. The number of esters is 2. The zero-order chi connectivity index (χ0) is 31.8. The van der Waals surface area contributed by atoms with E-state index in [-0.39, 0.29) is 50.5 Å². The fraction of sp³-hybridized carbons (Fsp3) is 0.562. The number of halogens is 1. The van der Waals surface area contributed by atoms with Crippen molar-refractivity contribution in [3.05, 3.63) is 58.6 Å². The van der Waals surface area contributed by atoms with Gasteiger partial charge in [0.15, 0.2) is 11.5 Å². The molecule has 1 aliphatic rings. The second-order valence-electron chi connectivity index (χ2n) is 12.3. The van der Waals surface area contributed by atoms with Crippen LogP contribution in [0.4, 0.5) is 0 Å². The molecule has 2 aromatic rings. The van der Waals surface area contributed by atoms with Gasteiger partial charge in [-0.1, -0.05) is 35.9 Å². The van der Waals surface area contributed by atoms with E-state index in [1.165, 1.54) is 0 Å². The fourth-order valence-corrected chi connectivity index (χ4v) is 4.39. The second-order valence-corrected chi connectivity index (χ2v) is 12.8. The van der Waals surface area contributed by atoms with Crippen LogP contribution in [-0.2, 0) is 35.0 Å². The summed E-state index contributed by atoms with van der Waals surface area (Å²) in [5, 5.41) is 14.4. The number of carbonyl (C=O) groups is 2. The SMILES string of the molecule is CC(Cc1cccc2c1OC(C(=O)OCCOC(C)(C)C)(C(=O)OCCOC(C)(C)C)O2)NCC(O)c1cccc(Cl)c1. The van der Waals surface area contributed by atoms with E-state index in [1.807, 2.05) is 54.5 Å². The molecule has 0 saturated carbocycles. The molecule has 0 spiro atoms. The van der Waals surface area contributed by atoms with E-state index in [0.717, 1.165) is 0 Å². The quantitative estimate of drug-likeness (QED) is 0.173. The molecule has 0 saturated heterocycles. The molecule has 2 unspecified atom stereocenters. The summed E-state index contributed by atoms with van der Waals surface area (Å²) < 4.78 is 33.9. The van der Waals surface area contributed by atoms with Crippen LogP contribution >= 0.6 is 11.6 Å². The number of hydrogen-bond acceptors (Lipinski definition) is 10. The van der Waals surface area contributed by atoms with Gasteiger partial charge in [0, 0.05) is 17.6 Å². The zero-order valence-corrected chi connectivity index (χ0v) is 26.8. The third-order valence-corrected chi connectivity index (χ3v) is 6.45. The van der Waals surface area contributed by atoms with Gasteiger partial charge in [-0.3, -0.25) is 0 Å². The normalized spacial score (nSPS) is 15.6. The van der Waals surface area contributed by atoms with Gasteiger partial charge in [-0.15, -0.1) is 0 Å². The van der Waals surface area contributed by atoms with Crippen molar-refractivity contribution in [1.29, 1.82) is 0 Å². The molecule has 3 rings (SSSR count). The number of aliphatic hydroxyl groups is 1. The Hall–Kier alpha value is -2.89. The summed E-state index contributed by atoms with van der Waals surface area (Å²) in [5.74, 6) is -4.15. The van der Waals surface area contributed by atoms with E-state index in [4.69, 9.17) is 40.0 Å². The Morgan fingerprint density at radius 3 is 2.05 bits per heavy atom. The number of benzene rings is 2. The summed E-state index contributed by atoms with van der Waals surface area (Å²) >= 11 is 6.05. The molecule has 10 nitrogen and oxygen atoms in total. The molecule has 0 bridgehead atoms. The van der Waals surface area contributed by atoms with Crippen LogP contribution in [0.3, 0.4) is 0 Å². The van der Waals surface area contributed by atoms with Gasteiger partial charge >= 0.3 is 17.7 Å². The van der Waals surface area contributed by atoms with Crippen molar-refractivity contribution >= 4 is 23.5 Å². The molecule has 2 aromatic carbocycles. The molecule has 1 aliphatic heterocycles. The molecule has 238 valence electrons. The first-order chi connectivity index (χ1) is 20.1. The van der Waals surface area contributed by atoms with Crippen LogP contribution in [0.25, 0.3) is 0 Å². The van der Waals surface area contributed by atoms with Crippen molar-refractivity contribution in [3.63, 3.8) is 0 Å². The van der Waals surface area contributed by atoms with Crippen LogP contribution in [-0.4, -0.2) is 73.0 Å². The number of carbonyl (C=O) groups excluding carboxylic acids is 2. The summed E-state index contributed by atoms with van der Waals surface area (Å²) in [7, 11) is 0. The van der Waals surface area contributed by atoms with Gasteiger partial charge in [0.25, 0.3) is 0 Å². The van der Waals surface area contributed by atoms with Crippen LogP contribution in [0.5, 0.6) is 11.5 Å². The molecule has 2 N–H and O–H groups in total. The molecule has 0 aliphatic carbocycles. The predicted octanol–water partition coefficient (Wildman–Crippen LogP) is 4.78. The van der Waals surface area contributed by atoms with Gasteiger partial charge in [0.05, 0.1) is 30.5 Å². The highest BCUT2D eigenvalue weighted by Crippen LogP contribution is 2.43. The van der Waals surface area contributed by atoms with E-state index in [0.29, 0.717) is 22.6 Å². The first-order valence-corrected chi connectivity index (χ1v) is 14.8. The first kappa shape index (κ1) is 34.6. The third kappa shape index (κ3) is 10.4. The second kappa shape index (κ2) is 14.7. The average Bonchev–Trinajstić information content (AvgIpc) is 3.33. The van der Waals surface area contributed by atoms with Crippen molar-refractivity contribution in [1.82, 2.24) is 5.32 Å². The van der Waals surface area contributed by atoms with E-state index in [2.05, 4.69) is 5.32 Å². The molecule has 0 aromatic heterocycles. The fourth-order valence-electron chi connectivity index (χ4n) is 4.19. The molecule has 1 heterocycles. The Labute approximate surface area is 258 Å². The minimum atomic E-state index is -2.48. The molecule has 43 heavy (non-hydrogen) atoms. The lowest BCUT2D eigenvalue weighted by Crippen LogP contribution is -2.56. The van der Waals surface area contributed by atoms with Crippen LogP contribution in [0.2, 0.25) is 5.02 Å². The Balaban J connectivity index is 1.71. The van der Waals surface area contributed by atoms with Gasteiger partial charge in [0.2, 0.25) is 0 Å². The number of ether oxygens (including phenoxy) is 6. The molecule has 11 heteroatoms. The largest absolute Gasteiger partial charge is 0.457 e. The number of hydrogen-bond donors (Lipinski definition) is 2. The lowest BCUT2D eigenvalue weighted by atomic mass is 10.0. The maximum Gasteiger partial charge on any atom is 0.453 e. The number of aliphatic hydroxyl groups excluding tert-OH is 1. The minimum absolute atomic E-state index is 0.113. The van der Waals surface area contributed by atoms with Crippen LogP contribution in [0.1, 0.15) is 65.7 Å². The Kier molecular flexibility index (Phi) is 11.8. The van der Waals surface area contributed by atoms with E-state index in [9.17, 15) is 14.7 Å². The van der Waals surface area contributed by atoms with Crippen molar-refractivity contribution in [2.45, 2.75) is 84.0 Å². The van der Waals surface area contributed by atoms with Gasteiger partial charge in [-0.05, 0) is 84.2 Å². The monoisotopic (exact) mass is 621 g/mol. The van der Waals surface area contributed by atoms with E-state index >= 15 is 0 Å². The highest BCUT2D eigenvalue weighted by Gasteiger charge is 2.60. The zero-order valence-electron chi connectivity index (χ0n) is 26.0. The summed E-state index contributed by atoms with van der Waals surface area (Å²) in [6.07, 6.45) is -0.322. The molecule has 0 amide bonds. The van der Waals surface area contributed by atoms with Crippen LogP contribution < -0.4 is 14.8 Å². The van der Waals surface area contributed by atoms with Gasteiger partial charge in [0.1, 0.15) is 13.2 Å². The Morgan fingerprint density at radius 2 is 1.49 bits per heavy atom. The van der Waals surface area contributed by atoms with Gasteiger partial charge in [-0.25, -0.2) is 9.59 Å². The highest BCUT2D eigenvalue weighted by molar-refractivity contribution is 6.30. The standard InChI is InChI=1S/C32H44ClNO9/c1-21(34-20-25(35)22-10-8-12-24(33)19-22)18-23-11-9-13-26-27(23)43-32(42-26,28(36)38-14-16-40-30(2,3)4)29(37)39-15-17-41-31(5,6)7/h8-13,19,21,25,34-35H,14-18,20H2,1-7H3. The third-order valence-electron chi connectivity index (χ3n) is 6.22. The Morgan fingerprint density at radius 1 is 0.907 bits per heavy atom. The number of rotatable bonds is 14. The average molecular weight is 622 g/mol. The number of para-hydroxylation sites is 1. The summed E-state index contributed by atoms with van der Waals surface area (Å²) in [6, 6.07) is 12.1. The predicted molar refractivity (Wildman–Crippen MR) is 161 cm³/mol. The number of fused-ring (bicyclic) bond motifs is 1. The Bertz CT molecular complexity index is 1200. The lowest BCUT2D eigenvalue weighted by Gasteiger charge is -2.25. The lowest BCUT2D eigenvalue weighted by molar-refractivity contribution is -0.205. The van der Waals surface area contributed by atoms with E-state index < -0.39 is 35.0 Å². The topological polar surface area (TPSA) is 122 Å².